The summed E-state index contributed by atoms with van der Waals surface area (Å²) in [6, 6.07) is 4.67. The number of anilines is 1. The van der Waals surface area contributed by atoms with Crippen molar-refractivity contribution in [3.05, 3.63) is 34.9 Å². The van der Waals surface area contributed by atoms with Gasteiger partial charge in [-0.2, -0.15) is 0 Å². The lowest BCUT2D eigenvalue weighted by Gasteiger charge is -2.11. The van der Waals surface area contributed by atoms with Crippen LogP contribution in [-0.4, -0.2) is 9.55 Å². The lowest BCUT2D eigenvalue weighted by molar-refractivity contribution is 0.588. The average Bonchev–Trinajstić information content (AvgIpc) is 2.77. The number of halogens is 2. The molecule has 21 heavy (non-hydrogen) atoms. The first kappa shape index (κ1) is 15.8. The van der Waals surface area contributed by atoms with Gasteiger partial charge in [-0.3, -0.25) is 0 Å². The number of nitrogens with zero attached hydrogens (tertiary/aromatic N) is 2. The summed E-state index contributed by atoms with van der Waals surface area (Å²) in [5.74, 6) is 1.33. The van der Waals surface area contributed by atoms with Crippen LogP contribution in [0, 0.1) is 5.82 Å². The Morgan fingerprint density at radius 2 is 2.10 bits per heavy atom. The van der Waals surface area contributed by atoms with Gasteiger partial charge in [-0.15, -0.1) is 0 Å². The molecule has 0 bridgehead atoms. The number of nitrogens with two attached hydrogens (primary N) is 1. The molecule has 1 heterocycles. The minimum absolute atomic E-state index is 0.104. The van der Waals surface area contributed by atoms with E-state index in [9.17, 15) is 4.39 Å². The molecule has 0 amide bonds. The molecule has 0 saturated carbocycles. The molecule has 114 valence electrons. The predicted octanol–water partition coefficient (Wildman–Crippen LogP) is 4.85. The highest BCUT2D eigenvalue weighted by atomic mass is 35.5. The molecule has 5 heteroatoms. The number of hydrogen-bond donors (Lipinski definition) is 1. The normalized spacial score (nSPS) is 11.3. The van der Waals surface area contributed by atoms with Gasteiger partial charge in [0.1, 0.15) is 23.2 Å². The fourth-order valence-electron chi connectivity index (χ4n) is 2.33. The van der Waals surface area contributed by atoms with Crippen molar-refractivity contribution < 1.29 is 4.39 Å². The molecule has 2 aromatic rings. The summed E-state index contributed by atoms with van der Waals surface area (Å²) in [6.45, 7) is 7.13. The summed E-state index contributed by atoms with van der Waals surface area (Å²) in [6.07, 6.45) is 2.12. The third kappa shape index (κ3) is 3.21. The van der Waals surface area contributed by atoms with E-state index >= 15 is 0 Å². The van der Waals surface area contributed by atoms with Gasteiger partial charge in [0.25, 0.3) is 0 Å². The molecule has 0 spiro atoms. The molecule has 0 atom stereocenters. The first-order chi connectivity index (χ1) is 9.95. The zero-order valence-electron chi connectivity index (χ0n) is 12.7. The summed E-state index contributed by atoms with van der Waals surface area (Å²) < 4.78 is 15.7. The first-order valence-corrected chi connectivity index (χ1v) is 7.64. The molecule has 0 saturated heterocycles. The topological polar surface area (TPSA) is 43.8 Å². The zero-order chi connectivity index (χ0) is 15.6. The van der Waals surface area contributed by atoms with Crippen molar-refractivity contribution >= 4 is 17.4 Å². The van der Waals surface area contributed by atoms with Crippen LogP contribution in [0.2, 0.25) is 5.02 Å². The van der Waals surface area contributed by atoms with Gasteiger partial charge < -0.3 is 10.3 Å². The Bertz CT molecular complexity index is 635. The van der Waals surface area contributed by atoms with E-state index in [1.807, 2.05) is 4.57 Å². The molecular formula is C16H21ClFN3. The van der Waals surface area contributed by atoms with Gasteiger partial charge in [0, 0.05) is 18.0 Å². The molecular weight excluding hydrogens is 289 g/mol. The maximum atomic E-state index is 13.7. The Morgan fingerprint density at radius 1 is 1.38 bits per heavy atom. The molecule has 0 aliphatic carbocycles. The Morgan fingerprint density at radius 3 is 2.67 bits per heavy atom. The highest BCUT2D eigenvalue weighted by Crippen LogP contribution is 2.31. The van der Waals surface area contributed by atoms with Gasteiger partial charge >= 0.3 is 0 Å². The largest absolute Gasteiger partial charge is 0.383 e. The van der Waals surface area contributed by atoms with Crippen molar-refractivity contribution in [3.8, 4) is 11.3 Å². The fraction of sp³-hybridized carbons (Fsp3) is 0.438. The number of aromatic nitrogens is 2. The molecule has 2 rings (SSSR count). The summed E-state index contributed by atoms with van der Waals surface area (Å²) in [7, 11) is 0. The zero-order valence-corrected chi connectivity index (χ0v) is 13.4. The quantitative estimate of drug-likeness (QED) is 0.858. The molecule has 0 fully saturated rings. The Hall–Kier alpha value is -1.55. The molecule has 2 N–H and O–H groups in total. The van der Waals surface area contributed by atoms with Crippen molar-refractivity contribution in [1.29, 1.82) is 0 Å². The molecule has 0 radical (unpaired) electrons. The van der Waals surface area contributed by atoms with Crippen LogP contribution < -0.4 is 5.73 Å². The Kier molecular flexibility index (Phi) is 4.88. The van der Waals surface area contributed by atoms with Crippen molar-refractivity contribution in [3.63, 3.8) is 0 Å². The first-order valence-electron chi connectivity index (χ1n) is 7.27. The van der Waals surface area contributed by atoms with E-state index in [2.05, 4.69) is 25.8 Å². The van der Waals surface area contributed by atoms with E-state index in [0.717, 1.165) is 25.2 Å². The van der Waals surface area contributed by atoms with E-state index in [4.69, 9.17) is 17.3 Å². The van der Waals surface area contributed by atoms with Gasteiger partial charge in [-0.1, -0.05) is 44.9 Å². The lowest BCUT2D eigenvalue weighted by Crippen LogP contribution is -2.08. The fourth-order valence-corrected chi connectivity index (χ4v) is 2.45. The van der Waals surface area contributed by atoms with Crippen LogP contribution in [0.4, 0.5) is 10.2 Å². The van der Waals surface area contributed by atoms with Crippen LogP contribution in [0.1, 0.15) is 45.4 Å². The van der Waals surface area contributed by atoms with Crippen molar-refractivity contribution in [1.82, 2.24) is 9.55 Å². The number of nitrogen functional groups attached to an aromatic ring is 1. The number of imidazole rings is 1. The summed E-state index contributed by atoms with van der Waals surface area (Å²) in [4.78, 5) is 4.63. The minimum Gasteiger partial charge on any atom is -0.383 e. The maximum absolute atomic E-state index is 13.7. The van der Waals surface area contributed by atoms with Crippen molar-refractivity contribution in [2.45, 2.75) is 46.1 Å². The van der Waals surface area contributed by atoms with Crippen molar-refractivity contribution in [2.24, 2.45) is 0 Å². The van der Waals surface area contributed by atoms with Gasteiger partial charge in [0.05, 0.1) is 5.02 Å². The summed E-state index contributed by atoms with van der Waals surface area (Å²) in [5.41, 5.74) is 7.54. The maximum Gasteiger partial charge on any atom is 0.142 e. The lowest BCUT2D eigenvalue weighted by atomic mass is 10.1. The standard InChI is InChI=1S/C16H21ClFN3/c1-4-5-8-21-15(19)14(20-16(21)10(2)3)11-6-7-12(17)13(18)9-11/h6-7,9-10H,4-5,8,19H2,1-3H3. The number of rotatable bonds is 5. The van der Waals surface area contributed by atoms with Crippen LogP contribution in [0.15, 0.2) is 18.2 Å². The Labute approximate surface area is 129 Å². The molecule has 0 unspecified atom stereocenters. The van der Waals surface area contributed by atoms with E-state index in [0.29, 0.717) is 17.1 Å². The second kappa shape index (κ2) is 6.48. The highest BCUT2D eigenvalue weighted by Gasteiger charge is 2.18. The van der Waals surface area contributed by atoms with Gasteiger partial charge in [-0.25, -0.2) is 9.37 Å². The highest BCUT2D eigenvalue weighted by molar-refractivity contribution is 6.30. The molecule has 0 aliphatic rings. The van der Waals surface area contributed by atoms with Gasteiger partial charge in [-0.05, 0) is 18.6 Å². The minimum atomic E-state index is -0.456. The second-order valence-corrected chi connectivity index (χ2v) is 5.90. The smallest absolute Gasteiger partial charge is 0.142 e. The van der Waals surface area contributed by atoms with Crippen LogP contribution in [0.3, 0.4) is 0 Å². The summed E-state index contributed by atoms with van der Waals surface area (Å²) in [5, 5.41) is 0.104. The van der Waals surface area contributed by atoms with Crippen LogP contribution in [0.5, 0.6) is 0 Å². The van der Waals surface area contributed by atoms with E-state index in [-0.39, 0.29) is 10.9 Å². The van der Waals surface area contributed by atoms with E-state index < -0.39 is 5.82 Å². The van der Waals surface area contributed by atoms with E-state index in [1.54, 1.807) is 6.07 Å². The SMILES string of the molecule is CCCCn1c(C(C)C)nc(-c2ccc(Cl)c(F)c2)c1N. The van der Waals surface area contributed by atoms with E-state index in [1.165, 1.54) is 12.1 Å². The predicted molar refractivity (Wildman–Crippen MR) is 86.0 cm³/mol. The molecule has 3 nitrogen and oxygen atoms in total. The molecule has 0 aliphatic heterocycles. The van der Waals surface area contributed by atoms with Crippen LogP contribution >= 0.6 is 11.6 Å². The number of benzene rings is 1. The van der Waals surface area contributed by atoms with Gasteiger partial charge in [0.15, 0.2) is 0 Å². The molecule has 1 aromatic carbocycles. The average molecular weight is 310 g/mol. The molecule has 1 aromatic heterocycles. The number of unbranched alkanes of at least 4 members (excludes halogenated alkanes) is 1. The van der Waals surface area contributed by atoms with Crippen LogP contribution in [0.25, 0.3) is 11.3 Å². The number of hydrogen-bond acceptors (Lipinski definition) is 2. The second-order valence-electron chi connectivity index (χ2n) is 5.49. The van der Waals surface area contributed by atoms with Gasteiger partial charge in [0.2, 0.25) is 0 Å². The third-order valence-electron chi connectivity index (χ3n) is 3.48. The van der Waals surface area contributed by atoms with Crippen LogP contribution in [-0.2, 0) is 6.54 Å². The monoisotopic (exact) mass is 309 g/mol. The Balaban J connectivity index is 2.51. The van der Waals surface area contributed by atoms with Crippen molar-refractivity contribution in [2.75, 3.05) is 5.73 Å². The third-order valence-corrected chi connectivity index (χ3v) is 3.79. The summed E-state index contributed by atoms with van der Waals surface area (Å²) >= 11 is 5.73.